The topological polar surface area (TPSA) is 82.1 Å². The van der Waals surface area contributed by atoms with Gasteiger partial charge in [0.25, 0.3) is 0 Å². The van der Waals surface area contributed by atoms with Crippen LogP contribution in [-0.2, 0) is 16.0 Å². The molecule has 26 heavy (non-hydrogen) atoms. The Morgan fingerprint density at radius 3 is 2.23 bits per heavy atom. The summed E-state index contributed by atoms with van der Waals surface area (Å²) in [5, 5.41) is 14.4. The predicted molar refractivity (Wildman–Crippen MR) is 94.9 cm³/mol. The van der Waals surface area contributed by atoms with Gasteiger partial charge in [0.2, 0.25) is 5.91 Å². The number of amides is 1. The van der Waals surface area contributed by atoms with Crippen molar-refractivity contribution in [3.8, 4) is 0 Å². The second kappa shape index (κ2) is 6.90. The predicted octanol–water partition coefficient (Wildman–Crippen LogP) is 2.02. The zero-order valence-electron chi connectivity index (χ0n) is 14.4. The maximum absolute atomic E-state index is 12.7. The molecule has 0 spiro atoms. The number of pyridine rings is 1. The van der Waals surface area contributed by atoms with Crippen LogP contribution in [0.3, 0.4) is 0 Å². The van der Waals surface area contributed by atoms with E-state index in [2.05, 4.69) is 10.3 Å². The third-order valence-electron chi connectivity index (χ3n) is 5.87. The fourth-order valence-corrected chi connectivity index (χ4v) is 4.68. The van der Waals surface area contributed by atoms with Crippen molar-refractivity contribution in [1.82, 2.24) is 4.98 Å². The number of anilines is 1. The van der Waals surface area contributed by atoms with Crippen LogP contribution in [0.15, 0.2) is 48.8 Å². The zero-order valence-corrected chi connectivity index (χ0v) is 14.4. The van der Waals surface area contributed by atoms with E-state index in [9.17, 15) is 14.7 Å². The summed E-state index contributed by atoms with van der Waals surface area (Å²) in [5.74, 6) is -2.09. The number of carboxylic acids is 1. The lowest BCUT2D eigenvalue weighted by molar-refractivity contribution is -0.314. The van der Waals surface area contributed by atoms with Gasteiger partial charge in [-0.05, 0) is 72.9 Å². The molecule has 1 aromatic heterocycles. The number of carbonyl (C=O) groups is 2. The lowest BCUT2D eigenvalue weighted by Gasteiger charge is -2.30. The molecule has 134 valence electrons. The van der Waals surface area contributed by atoms with Crippen molar-refractivity contribution in [3.05, 3.63) is 59.9 Å². The second-order valence-corrected chi connectivity index (χ2v) is 7.42. The molecule has 2 aliphatic carbocycles. The van der Waals surface area contributed by atoms with E-state index in [1.54, 1.807) is 12.4 Å². The van der Waals surface area contributed by atoms with Crippen LogP contribution >= 0.6 is 0 Å². The summed E-state index contributed by atoms with van der Waals surface area (Å²) in [6.07, 6.45) is 7.02. The highest BCUT2D eigenvalue weighted by Crippen LogP contribution is 2.52. The number of benzene rings is 1. The second-order valence-electron chi connectivity index (χ2n) is 7.42. The molecule has 1 amide bonds. The molecule has 2 saturated carbocycles. The van der Waals surface area contributed by atoms with Gasteiger partial charge in [-0.15, -0.1) is 0 Å². The van der Waals surface area contributed by atoms with E-state index in [1.165, 1.54) is 5.56 Å². The molecule has 0 aliphatic heterocycles. The van der Waals surface area contributed by atoms with Crippen LogP contribution in [0.1, 0.15) is 30.4 Å². The number of aromatic nitrogens is 1. The van der Waals surface area contributed by atoms with Gasteiger partial charge in [0, 0.05) is 35.9 Å². The summed E-state index contributed by atoms with van der Waals surface area (Å²) in [6, 6.07) is 11.7. The molecule has 0 radical (unpaired) electrons. The summed E-state index contributed by atoms with van der Waals surface area (Å²) < 4.78 is 0. The molecule has 2 aromatic rings. The maximum Gasteiger partial charge on any atom is 0.228 e. The molecule has 4 atom stereocenters. The van der Waals surface area contributed by atoms with Crippen molar-refractivity contribution in [2.24, 2.45) is 23.7 Å². The first-order valence-electron chi connectivity index (χ1n) is 9.11. The monoisotopic (exact) mass is 349 g/mol. The summed E-state index contributed by atoms with van der Waals surface area (Å²) in [4.78, 5) is 28.2. The van der Waals surface area contributed by atoms with Gasteiger partial charge >= 0.3 is 0 Å². The Morgan fingerprint density at radius 2 is 1.58 bits per heavy atom. The van der Waals surface area contributed by atoms with E-state index in [0.29, 0.717) is 5.69 Å². The third-order valence-corrected chi connectivity index (χ3v) is 5.87. The molecular formula is C21H21N2O3-. The van der Waals surface area contributed by atoms with Crippen molar-refractivity contribution < 1.29 is 14.7 Å². The van der Waals surface area contributed by atoms with E-state index in [-0.39, 0.29) is 17.7 Å². The first-order valence-corrected chi connectivity index (χ1v) is 9.11. The molecule has 5 heteroatoms. The Hall–Kier alpha value is -2.69. The first-order chi connectivity index (χ1) is 12.6. The average Bonchev–Trinajstić information content (AvgIpc) is 3.25. The number of aliphatic carboxylic acids is 1. The van der Waals surface area contributed by atoms with E-state index in [0.717, 1.165) is 31.2 Å². The van der Waals surface area contributed by atoms with Crippen molar-refractivity contribution in [1.29, 1.82) is 0 Å². The summed E-state index contributed by atoms with van der Waals surface area (Å²) in [5.41, 5.74) is 3.02. The van der Waals surface area contributed by atoms with Gasteiger partial charge < -0.3 is 15.2 Å². The third kappa shape index (κ3) is 3.21. The molecule has 0 saturated heterocycles. The SMILES string of the molecule is O=C([O-])[C@H]1[C@H]2CC[C@H](C2)[C@@H]1C(=O)Nc1ccc(Cc2ccncc2)cc1. The van der Waals surface area contributed by atoms with E-state index >= 15 is 0 Å². The lowest BCUT2D eigenvalue weighted by atomic mass is 9.78. The van der Waals surface area contributed by atoms with E-state index in [1.807, 2.05) is 36.4 Å². The van der Waals surface area contributed by atoms with E-state index in [4.69, 9.17) is 0 Å². The molecule has 4 rings (SSSR count). The number of carboxylic acid groups (broad SMARTS) is 1. The van der Waals surface area contributed by atoms with Crippen molar-refractivity contribution in [2.45, 2.75) is 25.7 Å². The molecule has 2 bridgehead atoms. The average molecular weight is 349 g/mol. The molecule has 1 heterocycles. The summed E-state index contributed by atoms with van der Waals surface area (Å²) >= 11 is 0. The molecule has 2 aliphatic rings. The Bertz CT molecular complexity index is 804. The zero-order chi connectivity index (χ0) is 18.1. The number of carbonyl (C=O) groups excluding carboxylic acids is 2. The van der Waals surface area contributed by atoms with Crippen molar-refractivity contribution in [3.63, 3.8) is 0 Å². The highest BCUT2D eigenvalue weighted by Gasteiger charge is 2.51. The number of hydrogen-bond donors (Lipinski definition) is 1. The highest BCUT2D eigenvalue weighted by atomic mass is 16.4. The van der Waals surface area contributed by atoms with Crippen LogP contribution in [0, 0.1) is 23.7 Å². The summed E-state index contributed by atoms with van der Waals surface area (Å²) in [6.45, 7) is 0. The fourth-order valence-electron chi connectivity index (χ4n) is 4.68. The molecule has 1 aromatic carbocycles. The van der Waals surface area contributed by atoms with Gasteiger partial charge in [-0.2, -0.15) is 0 Å². The van der Waals surface area contributed by atoms with Gasteiger partial charge in [-0.25, -0.2) is 0 Å². The van der Waals surface area contributed by atoms with Gasteiger partial charge in [-0.1, -0.05) is 12.1 Å². The Morgan fingerprint density at radius 1 is 0.962 bits per heavy atom. The highest BCUT2D eigenvalue weighted by molar-refractivity contribution is 5.95. The standard InChI is InChI=1S/C21H22N2O3/c24-20(18-15-3-4-16(12-15)19(18)21(25)26)23-17-5-1-13(2-6-17)11-14-7-9-22-10-8-14/h1-2,5-10,15-16,18-19H,3-4,11-12H2,(H,23,24)(H,25,26)/p-1/t15-,16+,18+,19+/m1/s1. The Labute approximate surface area is 152 Å². The van der Waals surface area contributed by atoms with Gasteiger partial charge in [0.05, 0.1) is 0 Å². The smallest absolute Gasteiger partial charge is 0.228 e. The Kier molecular flexibility index (Phi) is 4.45. The maximum atomic E-state index is 12.7. The van der Waals surface area contributed by atoms with Crippen molar-refractivity contribution >= 4 is 17.6 Å². The van der Waals surface area contributed by atoms with Gasteiger partial charge in [0.1, 0.15) is 0 Å². The van der Waals surface area contributed by atoms with Crippen LogP contribution < -0.4 is 10.4 Å². The summed E-state index contributed by atoms with van der Waals surface area (Å²) in [7, 11) is 0. The number of nitrogens with one attached hydrogen (secondary N) is 1. The minimum atomic E-state index is -1.08. The lowest BCUT2D eigenvalue weighted by Crippen LogP contribution is -2.43. The normalized spacial score (nSPS) is 26.6. The molecule has 2 fully saturated rings. The van der Waals surface area contributed by atoms with E-state index < -0.39 is 17.8 Å². The minimum absolute atomic E-state index is 0.100. The fraction of sp³-hybridized carbons (Fsp3) is 0.381. The van der Waals surface area contributed by atoms with Gasteiger partial charge in [0.15, 0.2) is 0 Å². The Balaban J connectivity index is 1.42. The first kappa shape index (κ1) is 16.8. The molecule has 0 unspecified atom stereocenters. The number of nitrogens with zero attached hydrogens (tertiary/aromatic N) is 1. The van der Waals surface area contributed by atoms with Crippen LogP contribution in [-0.4, -0.2) is 16.9 Å². The minimum Gasteiger partial charge on any atom is -0.550 e. The molecular weight excluding hydrogens is 328 g/mol. The van der Waals surface area contributed by atoms with Crippen molar-refractivity contribution in [2.75, 3.05) is 5.32 Å². The number of rotatable bonds is 5. The van der Waals surface area contributed by atoms with Crippen LogP contribution in [0.5, 0.6) is 0 Å². The van der Waals surface area contributed by atoms with Crippen LogP contribution in [0.2, 0.25) is 0 Å². The number of fused-ring (bicyclic) bond motifs is 2. The molecule has 5 nitrogen and oxygen atoms in total. The molecule has 1 N–H and O–H groups in total. The van der Waals surface area contributed by atoms with Gasteiger partial charge in [-0.3, -0.25) is 9.78 Å². The number of hydrogen-bond acceptors (Lipinski definition) is 4. The van der Waals surface area contributed by atoms with Crippen LogP contribution in [0.25, 0.3) is 0 Å². The van der Waals surface area contributed by atoms with Crippen LogP contribution in [0.4, 0.5) is 5.69 Å². The largest absolute Gasteiger partial charge is 0.550 e. The quantitative estimate of drug-likeness (QED) is 0.895.